The molecule has 7 nitrogen and oxygen atoms in total. The van der Waals surface area contributed by atoms with Crippen LogP contribution in [-0.2, 0) is 14.3 Å². The fraction of sp³-hybridized carbons (Fsp3) is 0.632. The predicted octanol–water partition coefficient (Wildman–Crippen LogP) is 2.61. The number of rotatable bonds is 5. The van der Waals surface area contributed by atoms with E-state index in [-0.39, 0.29) is 23.8 Å². The van der Waals surface area contributed by atoms with Crippen LogP contribution < -0.4 is 0 Å². The van der Waals surface area contributed by atoms with Crippen molar-refractivity contribution < 1.29 is 23.9 Å². The number of likely N-dealkylation sites (tertiary alicyclic amines) is 1. The monoisotopic (exact) mass is 364 g/mol. The highest BCUT2D eigenvalue weighted by atomic mass is 16.5. The third-order valence-electron chi connectivity index (χ3n) is 4.85. The molecule has 1 fully saturated rings. The average molecular weight is 364 g/mol. The molecule has 1 amide bonds. The minimum absolute atomic E-state index is 0.179. The normalized spacial score (nSPS) is 16.3. The molecule has 2 heterocycles. The number of aromatic nitrogens is 1. The van der Waals surface area contributed by atoms with Gasteiger partial charge in [-0.2, -0.15) is 0 Å². The highest BCUT2D eigenvalue weighted by molar-refractivity contribution is 5.99. The zero-order chi connectivity index (χ0) is 19.4. The summed E-state index contributed by atoms with van der Waals surface area (Å²) >= 11 is 0. The molecule has 0 saturated carbocycles. The van der Waals surface area contributed by atoms with Crippen molar-refractivity contribution in [2.45, 2.75) is 53.6 Å². The van der Waals surface area contributed by atoms with Gasteiger partial charge >= 0.3 is 11.9 Å². The molecule has 0 spiro atoms. The Morgan fingerprint density at radius 2 is 1.81 bits per heavy atom. The van der Waals surface area contributed by atoms with Crippen LogP contribution >= 0.6 is 0 Å². The molecule has 26 heavy (non-hydrogen) atoms. The number of carbonyl (C=O) groups excluding carboxylic acids is 3. The summed E-state index contributed by atoms with van der Waals surface area (Å²) in [4.78, 5) is 41.6. The molecule has 0 radical (unpaired) electrons. The van der Waals surface area contributed by atoms with Gasteiger partial charge in [0.05, 0.1) is 12.2 Å². The Kier molecular flexibility index (Phi) is 6.45. The number of esters is 2. The molecule has 0 bridgehead atoms. The van der Waals surface area contributed by atoms with Crippen molar-refractivity contribution >= 4 is 17.8 Å². The lowest BCUT2D eigenvalue weighted by Gasteiger charge is -2.31. The van der Waals surface area contributed by atoms with Crippen LogP contribution in [0.3, 0.4) is 0 Å². The number of nitrogens with one attached hydrogen (secondary N) is 1. The largest absolute Gasteiger partial charge is 0.461 e. The molecule has 0 aliphatic carbocycles. The van der Waals surface area contributed by atoms with E-state index in [1.54, 1.807) is 32.6 Å². The second-order valence-electron chi connectivity index (χ2n) is 6.90. The van der Waals surface area contributed by atoms with Crippen LogP contribution in [0.2, 0.25) is 0 Å². The van der Waals surface area contributed by atoms with Crippen molar-refractivity contribution in [1.82, 2.24) is 9.88 Å². The zero-order valence-electron chi connectivity index (χ0n) is 16.2. The molecule has 1 aromatic heterocycles. The lowest BCUT2D eigenvalue weighted by Crippen LogP contribution is -2.44. The Balaban J connectivity index is 2.07. The van der Waals surface area contributed by atoms with Crippen molar-refractivity contribution in [3.8, 4) is 0 Å². The lowest BCUT2D eigenvalue weighted by molar-refractivity contribution is -0.141. The van der Waals surface area contributed by atoms with E-state index >= 15 is 0 Å². The summed E-state index contributed by atoms with van der Waals surface area (Å²) < 4.78 is 10.4. The number of ether oxygens (including phenoxy) is 2. The highest BCUT2D eigenvalue weighted by Gasteiger charge is 2.29. The summed E-state index contributed by atoms with van der Waals surface area (Å²) in [6.45, 7) is 10.4. The number of hydrogen-bond acceptors (Lipinski definition) is 5. The Labute approximate surface area is 154 Å². The van der Waals surface area contributed by atoms with Gasteiger partial charge in [0.2, 0.25) is 0 Å². The quantitative estimate of drug-likeness (QED) is 0.811. The van der Waals surface area contributed by atoms with E-state index in [1.165, 1.54) is 0 Å². The number of hydrogen-bond donors (Lipinski definition) is 1. The SMILES string of the molecule is CCOC(=O)c1[nH]c(C)c(C(=O)O[C@@H](C)C(=O)N2CCC(C)CC2)c1C. The topological polar surface area (TPSA) is 88.7 Å². The molecule has 1 atom stereocenters. The molecular weight excluding hydrogens is 336 g/mol. The fourth-order valence-electron chi connectivity index (χ4n) is 3.22. The van der Waals surface area contributed by atoms with Gasteiger partial charge in [0.1, 0.15) is 5.69 Å². The molecule has 1 N–H and O–H groups in total. The predicted molar refractivity (Wildman–Crippen MR) is 96.1 cm³/mol. The van der Waals surface area contributed by atoms with E-state index in [1.807, 2.05) is 0 Å². The van der Waals surface area contributed by atoms with Gasteiger partial charge in [0.15, 0.2) is 6.10 Å². The maximum absolute atomic E-state index is 12.6. The third-order valence-corrected chi connectivity index (χ3v) is 4.85. The second kappa shape index (κ2) is 8.38. The van der Waals surface area contributed by atoms with Crippen LogP contribution in [0, 0.1) is 19.8 Å². The Hall–Kier alpha value is -2.31. The van der Waals surface area contributed by atoms with Crippen LogP contribution in [0.5, 0.6) is 0 Å². The number of amides is 1. The van der Waals surface area contributed by atoms with E-state index in [4.69, 9.17) is 9.47 Å². The van der Waals surface area contributed by atoms with Crippen molar-refractivity contribution in [2.24, 2.45) is 5.92 Å². The van der Waals surface area contributed by atoms with Gasteiger partial charge in [-0.25, -0.2) is 9.59 Å². The van der Waals surface area contributed by atoms with Gasteiger partial charge in [-0.05, 0) is 52.0 Å². The van der Waals surface area contributed by atoms with E-state index < -0.39 is 18.0 Å². The standard InChI is InChI=1S/C19H28N2O5/c1-6-25-19(24)16-12(3)15(13(4)20-16)18(23)26-14(5)17(22)21-9-7-11(2)8-10-21/h11,14,20H,6-10H2,1-5H3/t14-/m0/s1. The molecule has 144 valence electrons. The van der Waals surface area contributed by atoms with Crippen LogP contribution in [0.4, 0.5) is 0 Å². The van der Waals surface area contributed by atoms with Crippen LogP contribution in [0.1, 0.15) is 65.7 Å². The number of piperidine rings is 1. The van der Waals surface area contributed by atoms with E-state index in [2.05, 4.69) is 11.9 Å². The summed E-state index contributed by atoms with van der Waals surface area (Å²) in [5, 5.41) is 0. The Morgan fingerprint density at radius 3 is 2.38 bits per heavy atom. The number of carbonyl (C=O) groups is 3. The van der Waals surface area contributed by atoms with Gasteiger partial charge < -0.3 is 19.4 Å². The van der Waals surface area contributed by atoms with Crippen molar-refractivity contribution in [2.75, 3.05) is 19.7 Å². The molecule has 1 aliphatic heterocycles. The molecule has 0 aromatic carbocycles. The number of H-pyrrole nitrogens is 1. The summed E-state index contributed by atoms with van der Waals surface area (Å²) in [5.41, 5.74) is 1.50. The van der Waals surface area contributed by atoms with Crippen molar-refractivity contribution in [3.63, 3.8) is 0 Å². The van der Waals surface area contributed by atoms with Gasteiger partial charge in [-0.15, -0.1) is 0 Å². The summed E-state index contributed by atoms with van der Waals surface area (Å²) in [6.07, 6.45) is 1.06. The maximum Gasteiger partial charge on any atom is 0.355 e. The fourth-order valence-corrected chi connectivity index (χ4v) is 3.22. The van der Waals surface area contributed by atoms with Gasteiger partial charge in [-0.3, -0.25) is 4.79 Å². The van der Waals surface area contributed by atoms with E-state index in [9.17, 15) is 14.4 Å². The first-order valence-corrected chi connectivity index (χ1v) is 9.12. The van der Waals surface area contributed by atoms with Crippen molar-refractivity contribution in [3.05, 3.63) is 22.5 Å². The molecular formula is C19H28N2O5. The summed E-state index contributed by atoms with van der Waals surface area (Å²) in [5.74, 6) is -0.693. The summed E-state index contributed by atoms with van der Waals surface area (Å²) in [7, 11) is 0. The zero-order valence-corrected chi connectivity index (χ0v) is 16.2. The number of nitrogens with zero attached hydrogens (tertiary/aromatic N) is 1. The van der Waals surface area contributed by atoms with Gasteiger partial charge in [-0.1, -0.05) is 6.92 Å². The lowest BCUT2D eigenvalue weighted by atomic mass is 9.99. The number of aryl methyl sites for hydroxylation is 1. The Bertz CT molecular complexity index is 686. The first kappa shape index (κ1) is 20.0. The highest BCUT2D eigenvalue weighted by Crippen LogP contribution is 2.21. The molecule has 0 unspecified atom stereocenters. The molecule has 1 saturated heterocycles. The van der Waals surface area contributed by atoms with Crippen LogP contribution in [0.15, 0.2) is 0 Å². The van der Waals surface area contributed by atoms with E-state index in [0.717, 1.165) is 12.8 Å². The smallest absolute Gasteiger partial charge is 0.355 e. The van der Waals surface area contributed by atoms with Gasteiger partial charge in [0, 0.05) is 18.8 Å². The minimum atomic E-state index is -0.865. The molecule has 2 rings (SSSR count). The van der Waals surface area contributed by atoms with Gasteiger partial charge in [0.25, 0.3) is 5.91 Å². The molecule has 1 aliphatic rings. The molecule has 1 aromatic rings. The van der Waals surface area contributed by atoms with E-state index in [0.29, 0.717) is 30.3 Å². The van der Waals surface area contributed by atoms with Crippen molar-refractivity contribution in [1.29, 1.82) is 0 Å². The first-order chi connectivity index (χ1) is 12.3. The number of aromatic amines is 1. The third kappa shape index (κ3) is 4.26. The maximum atomic E-state index is 12.6. The molecule has 7 heteroatoms. The van der Waals surface area contributed by atoms with Crippen LogP contribution in [-0.4, -0.2) is 53.5 Å². The van der Waals surface area contributed by atoms with Crippen LogP contribution in [0.25, 0.3) is 0 Å². The second-order valence-corrected chi connectivity index (χ2v) is 6.90. The minimum Gasteiger partial charge on any atom is -0.461 e. The average Bonchev–Trinajstić information content (AvgIpc) is 2.89. The summed E-state index contributed by atoms with van der Waals surface area (Å²) in [6, 6.07) is 0. The Morgan fingerprint density at radius 1 is 1.19 bits per heavy atom. The first-order valence-electron chi connectivity index (χ1n) is 9.12.